The van der Waals surface area contributed by atoms with E-state index in [-0.39, 0.29) is 30.3 Å². The molecule has 1 aliphatic heterocycles. The molecule has 3 atom stereocenters. The lowest BCUT2D eigenvalue weighted by Gasteiger charge is -2.44. The van der Waals surface area contributed by atoms with E-state index in [0.717, 1.165) is 19.3 Å². The summed E-state index contributed by atoms with van der Waals surface area (Å²) in [5.74, 6) is -1.09. The number of nitrogens with two attached hydrogens (primary N) is 1. The van der Waals surface area contributed by atoms with Crippen molar-refractivity contribution in [2.24, 2.45) is 17.6 Å². The molecular formula is C14H23N3O3. The third kappa shape index (κ3) is 2.44. The highest BCUT2D eigenvalue weighted by molar-refractivity contribution is 6.06. The van der Waals surface area contributed by atoms with Gasteiger partial charge < -0.3 is 10.6 Å². The molecule has 0 aromatic rings. The van der Waals surface area contributed by atoms with Gasteiger partial charge in [0.05, 0.1) is 0 Å². The van der Waals surface area contributed by atoms with Crippen molar-refractivity contribution in [3.8, 4) is 0 Å². The van der Waals surface area contributed by atoms with Gasteiger partial charge in [-0.05, 0) is 32.6 Å². The second-order valence-electron chi connectivity index (χ2n) is 6.42. The zero-order valence-electron chi connectivity index (χ0n) is 12.3. The van der Waals surface area contributed by atoms with Crippen LogP contribution in [-0.4, -0.2) is 40.7 Å². The minimum absolute atomic E-state index is 0.00938. The Bertz CT molecular complexity index is 447. The second kappa shape index (κ2) is 5.16. The normalized spacial score (nSPS) is 33.8. The van der Waals surface area contributed by atoms with Crippen LogP contribution in [0.2, 0.25) is 0 Å². The van der Waals surface area contributed by atoms with E-state index in [4.69, 9.17) is 5.73 Å². The molecule has 2 fully saturated rings. The lowest BCUT2D eigenvalue weighted by atomic mass is 9.76. The molecule has 3 N–H and O–H groups in total. The van der Waals surface area contributed by atoms with Gasteiger partial charge in [0, 0.05) is 12.0 Å². The highest BCUT2D eigenvalue weighted by Gasteiger charge is 2.46. The van der Waals surface area contributed by atoms with Crippen LogP contribution in [0.15, 0.2) is 0 Å². The molecule has 20 heavy (non-hydrogen) atoms. The third-order valence-electron chi connectivity index (χ3n) is 4.73. The van der Waals surface area contributed by atoms with Crippen LogP contribution in [0.25, 0.3) is 0 Å². The minimum Gasteiger partial charge on any atom is -0.327 e. The van der Waals surface area contributed by atoms with Crippen molar-refractivity contribution in [1.29, 1.82) is 0 Å². The van der Waals surface area contributed by atoms with Gasteiger partial charge in [0.1, 0.15) is 12.1 Å². The molecule has 0 radical (unpaired) electrons. The van der Waals surface area contributed by atoms with E-state index in [1.54, 1.807) is 13.8 Å². The molecule has 0 aromatic heterocycles. The Morgan fingerprint density at radius 2 is 2.00 bits per heavy atom. The topological polar surface area (TPSA) is 92.5 Å². The quantitative estimate of drug-likeness (QED) is 0.662. The van der Waals surface area contributed by atoms with Gasteiger partial charge >= 0.3 is 0 Å². The van der Waals surface area contributed by atoms with Crippen LogP contribution in [0.3, 0.4) is 0 Å². The number of nitrogens with one attached hydrogen (secondary N) is 1. The first kappa shape index (κ1) is 15.0. The summed E-state index contributed by atoms with van der Waals surface area (Å²) in [6.45, 7) is 5.25. The maximum absolute atomic E-state index is 12.8. The summed E-state index contributed by atoms with van der Waals surface area (Å²) >= 11 is 0. The smallest absolute Gasteiger partial charge is 0.252 e. The van der Waals surface area contributed by atoms with Gasteiger partial charge in [0.25, 0.3) is 5.91 Å². The first-order chi connectivity index (χ1) is 9.25. The molecule has 3 amide bonds. The molecule has 1 saturated heterocycles. The van der Waals surface area contributed by atoms with Gasteiger partial charge in [0.15, 0.2) is 0 Å². The Labute approximate surface area is 119 Å². The summed E-state index contributed by atoms with van der Waals surface area (Å²) in [5, 5.41) is 2.28. The van der Waals surface area contributed by atoms with Crippen molar-refractivity contribution in [2.75, 3.05) is 6.54 Å². The third-order valence-corrected chi connectivity index (χ3v) is 4.73. The second-order valence-corrected chi connectivity index (χ2v) is 6.42. The standard InChI is InChI=1S/C14H23N3O3/c1-8-9(5-4-6-10(8)15)12(19)17-7-11(18)16-13(20)14(17,2)3/h8-10H,4-7,15H2,1-3H3,(H,16,18,20). The lowest BCUT2D eigenvalue weighted by Crippen LogP contribution is -2.67. The van der Waals surface area contributed by atoms with Crippen molar-refractivity contribution in [2.45, 2.75) is 51.6 Å². The summed E-state index contributed by atoms with van der Waals surface area (Å²) in [4.78, 5) is 37.6. The number of imide groups is 1. The van der Waals surface area contributed by atoms with Crippen molar-refractivity contribution in [3.63, 3.8) is 0 Å². The van der Waals surface area contributed by atoms with Crippen molar-refractivity contribution >= 4 is 17.7 Å². The molecule has 2 rings (SSSR count). The average Bonchev–Trinajstić information content (AvgIpc) is 2.37. The monoisotopic (exact) mass is 281 g/mol. The molecule has 112 valence electrons. The largest absolute Gasteiger partial charge is 0.327 e. The fourth-order valence-electron chi connectivity index (χ4n) is 3.08. The molecule has 0 aromatic carbocycles. The fraction of sp³-hybridized carbons (Fsp3) is 0.786. The van der Waals surface area contributed by atoms with Crippen LogP contribution in [-0.2, 0) is 14.4 Å². The molecule has 1 heterocycles. The van der Waals surface area contributed by atoms with Crippen molar-refractivity contribution in [1.82, 2.24) is 10.2 Å². The van der Waals surface area contributed by atoms with Crippen molar-refractivity contribution < 1.29 is 14.4 Å². The molecule has 1 aliphatic carbocycles. The minimum atomic E-state index is -0.994. The molecule has 0 spiro atoms. The summed E-state index contributed by atoms with van der Waals surface area (Å²) in [6.07, 6.45) is 2.61. The zero-order valence-corrected chi connectivity index (χ0v) is 12.3. The Morgan fingerprint density at radius 3 is 2.65 bits per heavy atom. The van der Waals surface area contributed by atoms with E-state index in [2.05, 4.69) is 5.32 Å². The fourth-order valence-corrected chi connectivity index (χ4v) is 3.08. The van der Waals surface area contributed by atoms with Crippen LogP contribution in [0.4, 0.5) is 0 Å². The number of piperazine rings is 1. The van der Waals surface area contributed by atoms with Gasteiger partial charge in [-0.25, -0.2) is 0 Å². The van der Waals surface area contributed by atoms with E-state index < -0.39 is 17.4 Å². The van der Waals surface area contributed by atoms with Crippen LogP contribution >= 0.6 is 0 Å². The summed E-state index contributed by atoms with van der Waals surface area (Å²) in [7, 11) is 0. The summed E-state index contributed by atoms with van der Waals surface area (Å²) in [6, 6.07) is 0.00938. The number of carbonyl (C=O) groups is 3. The molecule has 6 nitrogen and oxygen atoms in total. The maximum atomic E-state index is 12.8. The summed E-state index contributed by atoms with van der Waals surface area (Å²) < 4.78 is 0. The van der Waals surface area contributed by atoms with E-state index in [1.165, 1.54) is 4.90 Å². The number of hydrogen-bond donors (Lipinski definition) is 2. The Balaban J connectivity index is 2.22. The SMILES string of the molecule is CC1C(N)CCCC1C(=O)N1CC(=O)NC(=O)C1(C)C. The highest BCUT2D eigenvalue weighted by atomic mass is 16.2. The average molecular weight is 281 g/mol. The van der Waals surface area contributed by atoms with Crippen LogP contribution in [0.1, 0.15) is 40.0 Å². The molecule has 6 heteroatoms. The van der Waals surface area contributed by atoms with E-state index in [0.29, 0.717) is 0 Å². The predicted octanol–water partition coefficient (Wildman–Crippen LogP) is 0.0135. The van der Waals surface area contributed by atoms with Gasteiger partial charge in [0.2, 0.25) is 11.8 Å². The van der Waals surface area contributed by atoms with E-state index >= 15 is 0 Å². The number of nitrogens with zero attached hydrogens (tertiary/aromatic N) is 1. The van der Waals surface area contributed by atoms with Crippen molar-refractivity contribution in [3.05, 3.63) is 0 Å². The van der Waals surface area contributed by atoms with Gasteiger partial charge in [-0.2, -0.15) is 0 Å². The Kier molecular flexibility index (Phi) is 3.86. The number of amides is 3. The first-order valence-electron chi connectivity index (χ1n) is 7.16. The van der Waals surface area contributed by atoms with Crippen LogP contribution < -0.4 is 11.1 Å². The van der Waals surface area contributed by atoms with E-state index in [9.17, 15) is 14.4 Å². The molecule has 1 saturated carbocycles. The van der Waals surface area contributed by atoms with Gasteiger partial charge in [-0.15, -0.1) is 0 Å². The zero-order chi connectivity index (χ0) is 15.1. The summed E-state index contributed by atoms with van der Waals surface area (Å²) in [5.41, 5.74) is 5.05. The number of hydrogen-bond acceptors (Lipinski definition) is 4. The van der Waals surface area contributed by atoms with Gasteiger partial charge in [-0.3, -0.25) is 19.7 Å². The van der Waals surface area contributed by atoms with Crippen LogP contribution in [0, 0.1) is 11.8 Å². The van der Waals surface area contributed by atoms with E-state index in [1.807, 2.05) is 6.92 Å². The lowest BCUT2D eigenvalue weighted by molar-refractivity contribution is -0.159. The van der Waals surface area contributed by atoms with Gasteiger partial charge in [-0.1, -0.05) is 13.3 Å². The number of rotatable bonds is 1. The number of carbonyl (C=O) groups excluding carboxylic acids is 3. The van der Waals surface area contributed by atoms with Crippen LogP contribution in [0.5, 0.6) is 0 Å². The highest BCUT2D eigenvalue weighted by Crippen LogP contribution is 2.32. The molecular weight excluding hydrogens is 258 g/mol. The molecule has 3 unspecified atom stereocenters. The Hall–Kier alpha value is -1.43. The molecule has 2 aliphatic rings. The Morgan fingerprint density at radius 1 is 1.35 bits per heavy atom. The molecule has 0 bridgehead atoms. The predicted molar refractivity (Wildman–Crippen MR) is 73.4 cm³/mol. The first-order valence-corrected chi connectivity index (χ1v) is 7.16. The maximum Gasteiger partial charge on any atom is 0.252 e.